The molecule has 60 heavy (non-hydrogen) atoms. The number of aliphatic imine (C=N–C) groups is 4. The Balaban J connectivity index is 1.10. The summed E-state index contributed by atoms with van der Waals surface area (Å²) in [6.45, 7) is 2.05. The lowest BCUT2D eigenvalue weighted by Gasteiger charge is -2.33. The lowest BCUT2D eigenvalue weighted by molar-refractivity contribution is 0.458. The maximum Gasteiger partial charge on any atom is 0.239 e. The van der Waals surface area contributed by atoms with E-state index in [2.05, 4.69) is 74.1 Å². The molecular formula is C49H47FN10. The summed E-state index contributed by atoms with van der Waals surface area (Å²) in [5, 5.41) is 7.24. The Morgan fingerprint density at radius 3 is 2.02 bits per heavy atom. The minimum Gasteiger partial charge on any atom is -0.371 e. The van der Waals surface area contributed by atoms with E-state index in [-0.39, 0.29) is 5.82 Å². The van der Waals surface area contributed by atoms with E-state index in [0.717, 1.165) is 76.4 Å². The Bertz CT molecular complexity index is 2560. The van der Waals surface area contributed by atoms with E-state index in [9.17, 15) is 4.39 Å². The summed E-state index contributed by atoms with van der Waals surface area (Å²) in [6, 6.07) is 31.2. The van der Waals surface area contributed by atoms with Gasteiger partial charge in [-0.1, -0.05) is 62.8 Å². The first kappa shape index (κ1) is 37.5. The number of pyridine rings is 2. The molecule has 0 amide bonds. The molecule has 0 spiro atoms. The minimum absolute atomic E-state index is 0.329. The highest BCUT2D eigenvalue weighted by atomic mass is 19.1. The highest BCUT2D eigenvalue weighted by Gasteiger charge is 2.34. The van der Waals surface area contributed by atoms with Crippen molar-refractivity contribution in [3.05, 3.63) is 155 Å². The number of amidine groups is 1. The maximum absolute atomic E-state index is 14.1. The summed E-state index contributed by atoms with van der Waals surface area (Å²) < 4.78 is 14.1. The van der Waals surface area contributed by atoms with Crippen LogP contribution >= 0.6 is 0 Å². The molecule has 6 heterocycles. The number of aromatic nitrogens is 2. The molecule has 11 heteroatoms. The largest absolute Gasteiger partial charge is 0.371 e. The zero-order valence-corrected chi connectivity index (χ0v) is 33.6. The highest BCUT2D eigenvalue weighted by Crippen LogP contribution is 2.38. The van der Waals surface area contributed by atoms with Crippen LogP contribution in [0.5, 0.6) is 0 Å². The smallest absolute Gasteiger partial charge is 0.239 e. The van der Waals surface area contributed by atoms with Gasteiger partial charge in [-0.3, -0.25) is 0 Å². The van der Waals surface area contributed by atoms with Crippen LogP contribution in [0.2, 0.25) is 0 Å². The van der Waals surface area contributed by atoms with Crippen LogP contribution in [0.3, 0.4) is 0 Å². The highest BCUT2D eigenvalue weighted by molar-refractivity contribution is 6.27. The van der Waals surface area contributed by atoms with Crippen LogP contribution in [0.4, 0.5) is 33.1 Å². The molecule has 0 bridgehead atoms. The van der Waals surface area contributed by atoms with Crippen molar-refractivity contribution in [2.45, 2.75) is 64.2 Å². The topological polar surface area (TPSA) is 106 Å². The fourth-order valence-electron chi connectivity index (χ4n) is 8.82. The number of guanidine groups is 2. The van der Waals surface area contributed by atoms with E-state index in [1.165, 1.54) is 75.5 Å². The van der Waals surface area contributed by atoms with E-state index in [4.69, 9.17) is 20.0 Å². The SMILES string of the molecule is Fc1ccc(C2=NC3=NC(c4ccc(N5CCCCC5)cc4Nc4ccccn4)=CC4=CC(c5ccc(CC6CCCCCC6)cc5Nc5ccccn5)=NC(=N2)N43)cc1. The van der Waals surface area contributed by atoms with Gasteiger partial charge in [-0.2, -0.15) is 9.98 Å². The summed E-state index contributed by atoms with van der Waals surface area (Å²) in [4.78, 5) is 33.9. The van der Waals surface area contributed by atoms with Crippen LogP contribution in [0.1, 0.15) is 80.0 Å². The summed E-state index contributed by atoms with van der Waals surface area (Å²) in [5.74, 6) is 3.12. The average Bonchev–Trinajstić information content (AvgIpc) is 3.56. The third-order valence-electron chi connectivity index (χ3n) is 11.9. The summed E-state index contributed by atoms with van der Waals surface area (Å²) in [7, 11) is 0. The third-order valence-corrected chi connectivity index (χ3v) is 11.9. The molecule has 5 aliphatic rings. The lowest BCUT2D eigenvalue weighted by Crippen LogP contribution is -2.42. The van der Waals surface area contributed by atoms with Gasteiger partial charge in [-0.05, 0) is 122 Å². The Morgan fingerprint density at radius 1 is 0.617 bits per heavy atom. The molecule has 2 fully saturated rings. The first-order valence-electron chi connectivity index (χ1n) is 21.3. The van der Waals surface area contributed by atoms with Crippen molar-refractivity contribution in [2.75, 3.05) is 28.6 Å². The van der Waals surface area contributed by atoms with E-state index in [1.54, 1.807) is 24.5 Å². The zero-order valence-electron chi connectivity index (χ0n) is 33.6. The molecule has 1 saturated heterocycles. The quantitative estimate of drug-likeness (QED) is 0.136. The number of hydrogen-bond donors (Lipinski definition) is 2. The van der Waals surface area contributed by atoms with Gasteiger partial charge in [0, 0.05) is 53.5 Å². The Labute approximate surface area is 350 Å². The van der Waals surface area contributed by atoms with Gasteiger partial charge in [0.05, 0.1) is 22.8 Å². The van der Waals surface area contributed by atoms with Crippen molar-refractivity contribution >= 4 is 57.9 Å². The van der Waals surface area contributed by atoms with E-state index in [1.807, 2.05) is 41.3 Å². The maximum atomic E-state index is 14.1. The number of halogens is 1. The second-order valence-electron chi connectivity index (χ2n) is 16.1. The molecule has 5 aromatic rings. The molecule has 2 N–H and O–H groups in total. The molecule has 1 saturated carbocycles. The molecule has 0 atom stereocenters. The monoisotopic (exact) mass is 794 g/mol. The lowest BCUT2D eigenvalue weighted by atomic mass is 9.91. The van der Waals surface area contributed by atoms with Gasteiger partial charge in [0.1, 0.15) is 17.5 Å². The molecule has 300 valence electrons. The Hall–Kier alpha value is -6.75. The number of allylic oxidation sites excluding steroid dienone is 2. The molecular weight excluding hydrogens is 748 g/mol. The first-order chi connectivity index (χ1) is 29.6. The molecule has 10 rings (SSSR count). The number of nitrogens with one attached hydrogen (secondary N) is 2. The summed E-state index contributed by atoms with van der Waals surface area (Å²) >= 11 is 0. The van der Waals surface area contributed by atoms with Gasteiger partial charge in [0.15, 0.2) is 5.84 Å². The molecule has 10 nitrogen and oxygen atoms in total. The van der Waals surface area contributed by atoms with Crippen molar-refractivity contribution in [1.82, 2.24) is 14.9 Å². The van der Waals surface area contributed by atoms with Crippen LogP contribution < -0.4 is 15.5 Å². The standard InChI is InChI=1S/C49H47FN10/c50-36-19-17-35(18-20-36)47-57-48-55-43(39-22-16-34(28-33-12-4-1-2-5-13-33)29-41(39)53-45-14-6-8-24-51-45)31-38-32-44(56-49(58-47)60(38)48)40-23-21-37(59-26-10-3-11-27-59)30-42(40)54-46-15-7-9-25-52-46/h6-9,14-25,29-33H,1-5,10-13,26-28H2,(H,51,53)(H,52,54). The minimum atomic E-state index is -0.329. The van der Waals surface area contributed by atoms with Crippen molar-refractivity contribution in [3.63, 3.8) is 0 Å². The van der Waals surface area contributed by atoms with E-state index < -0.39 is 0 Å². The van der Waals surface area contributed by atoms with Crippen LogP contribution in [0, 0.1) is 11.7 Å². The predicted molar refractivity (Wildman–Crippen MR) is 241 cm³/mol. The summed E-state index contributed by atoms with van der Waals surface area (Å²) in [5.41, 5.74) is 9.07. The van der Waals surface area contributed by atoms with E-state index in [0.29, 0.717) is 29.2 Å². The summed E-state index contributed by atoms with van der Waals surface area (Å²) in [6.07, 6.45) is 20.2. The van der Waals surface area contributed by atoms with Crippen LogP contribution in [-0.2, 0) is 6.42 Å². The molecule has 3 aromatic carbocycles. The van der Waals surface area contributed by atoms with Gasteiger partial charge >= 0.3 is 0 Å². The molecule has 4 aliphatic heterocycles. The molecule has 0 radical (unpaired) electrons. The number of hydrogen-bond acceptors (Lipinski definition) is 10. The van der Waals surface area contributed by atoms with Crippen molar-refractivity contribution in [3.8, 4) is 0 Å². The fraction of sp³-hybridized carbons (Fsp3) is 0.265. The first-order valence-corrected chi connectivity index (χ1v) is 21.3. The molecule has 2 aromatic heterocycles. The van der Waals surface area contributed by atoms with Gasteiger partial charge in [0.2, 0.25) is 11.9 Å². The van der Waals surface area contributed by atoms with Crippen LogP contribution in [-0.4, -0.2) is 51.4 Å². The van der Waals surface area contributed by atoms with Crippen molar-refractivity contribution in [1.29, 1.82) is 0 Å². The second-order valence-corrected chi connectivity index (χ2v) is 16.1. The Morgan fingerprint density at radius 2 is 1.30 bits per heavy atom. The van der Waals surface area contributed by atoms with Gasteiger partial charge in [-0.15, -0.1) is 0 Å². The van der Waals surface area contributed by atoms with Crippen molar-refractivity contribution in [2.24, 2.45) is 25.9 Å². The Kier molecular flexibility index (Phi) is 10.5. The molecule has 1 aliphatic carbocycles. The van der Waals surface area contributed by atoms with Crippen LogP contribution in [0.15, 0.2) is 147 Å². The molecule has 0 unspecified atom stereocenters. The van der Waals surface area contributed by atoms with Crippen molar-refractivity contribution < 1.29 is 4.39 Å². The number of benzene rings is 3. The third kappa shape index (κ3) is 8.12. The number of anilines is 5. The van der Waals surface area contributed by atoms with E-state index >= 15 is 0 Å². The number of rotatable bonds is 10. The van der Waals surface area contributed by atoms with Gasteiger partial charge in [-0.25, -0.2) is 29.2 Å². The average molecular weight is 795 g/mol. The number of piperidine rings is 1. The normalized spacial score (nSPS) is 17.9. The second kappa shape index (κ2) is 16.8. The number of nitrogens with zero attached hydrogens (tertiary/aromatic N) is 8. The van der Waals surface area contributed by atoms with Crippen LogP contribution in [0.25, 0.3) is 5.70 Å². The predicted octanol–water partition coefficient (Wildman–Crippen LogP) is 10.8. The van der Waals surface area contributed by atoms with Gasteiger partial charge in [0.25, 0.3) is 0 Å². The zero-order chi connectivity index (χ0) is 40.3. The fourth-order valence-corrected chi connectivity index (χ4v) is 8.82. The van der Waals surface area contributed by atoms with Gasteiger partial charge < -0.3 is 15.5 Å².